The molecule has 2 nitrogen and oxygen atoms in total. The van der Waals surface area contributed by atoms with Crippen molar-refractivity contribution >= 4 is 6.29 Å². The van der Waals surface area contributed by atoms with E-state index in [1.165, 1.54) is 25.7 Å². The van der Waals surface area contributed by atoms with Gasteiger partial charge in [0.1, 0.15) is 6.29 Å². The van der Waals surface area contributed by atoms with Crippen LogP contribution in [0.15, 0.2) is 13.2 Å². The van der Waals surface area contributed by atoms with Crippen LogP contribution in [0.2, 0.25) is 0 Å². The summed E-state index contributed by atoms with van der Waals surface area (Å²) in [6.45, 7) is 14.0. The van der Waals surface area contributed by atoms with Gasteiger partial charge >= 0.3 is 0 Å². The van der Waals surface area contributed by atoms with E-state index in [1.54, 1.807) is 6.92 Å². The third kappa shape index (κ3) is 19.0. The zero-order valence-corrected chi connectivity index (χ0v) is 11.7. The maximum atomic E-state index is 10.4. The van der Waals surface area contributed by atoms with E-state index in [4.69, 9.17) is 5.73 Å². The summed E-state index contributed by atoms with van der Waals surface area (Å²) in [5.74, 6) is 0. The molecule has 100 valence electrons. The second kappa shape index (κ2) is 16.8. The molecule has 0 bridgehead atoms. The van der Waals surface area contributed by atoms with E-state index in [9.17, 15) is 4.79 Å². The number of rotatable bonds is 7. The Morgan fingerprint density at radius 3 is 2.00 bits per heavy atom. The standard InChI is InChI=1S/C10H21NO.C2H6.C2H4.H2/c1-3-4-5-6-7-8-10(2,11)9-12;2*1-2;/h9H,3-8,11H2,1-2H3;1-2H3;1-2H2;1H/t10-;;;/m1.../s1. The van der Waals surface area contributed by atoms with Crippen LogP contribution in [-0.4, -0.2) is 11.8 Å². The smallest absolute Gasteiger partial charge is 0.139 e. The summed E-state index contributed by atoms with van der Waals surface area (Å²) in [6, 6.07) is 0. The molecular formula is C14H33NO. The molecule has 1 atom stereocenters. The van der Waals surface area contributed by atoms with Crippen molar-refractivity contribution in [1.82, 2.24) is 0 Å². The third-order valence-electron chi connectivity index (χ3n) is 2.09. The topological polar surface area (TPSA) is 43.1 Å². The zero-order valence-electron chi connectivity index (χ0n) is 11.7. The Labute approximate surface area is 104 Å². The molecule has 0 fully saturated rings. The van der Waals surface area contributed by atoms with E-state index >= 15 is 0 Å². The van der Waals surface area contributed by atoms with Crippen molar-refractivity contribution in [2.75, 3.05) is 0 Å². The quantitative estimate of drug-likeness (QED) is 0.402. The van der Waals surface area contributed by atoms with Crippen molar-refractivity contribution in [3.05, 3.63) is 13.2 Å². The molecule has 0 aromatic rings. The van der Waals surface area contributed by atoms with Crippen LogP contribution in [0.3, 0.4) is 0 Å². The summed E-state index contributed by atoms with van der Waals surface area (Å²) in [5.41, 5.74) is 5.07. The van der Waals surface area contributed by atoms with Crippen LogP contribution in [0.1, 0.15) is 67.6 Å². The molecular weight excluding hydrogens is 198 g/mol. The number of carbonyl (C=O) groups excluding carboxylic acids is 1. The van der Waals surface area contributed by atoms with Gasteiger partial charge in [0.25, 0.3) is 0 Å². The lowest BCUT2D eigenvalue weighted by Crippen LogP contribution is -2.37. The Hall–Kier alpha value is -0.630. The maximum absolute atomic E-state index is 10.4. The Morgan fingerprint density at radius 1 is 1.19 bits per heavy atom. The fraction of sp³-hybridized carbons (Fsp3) is 0.786. The van der Waals surface area contributed by atoms with Crippen LogP contribution in [-0.2, 0) is 4.79 Å². The Balaban J connectivity index is -0.000000152. The Kier molecular flexibility index (Phi) is 21.8. The minimum absolute atomic E-state index is 0. The minimum Gasteiger partial charge on any atom is -0.319 e. The van der Waals surface area contributed by atoms with Crippen molar-refractivity contribution in [1.29, 1.82) is 0 Å². The minimum atomic E-state index is -0.591. The van der Waals surface area contributed by atoms with Crippen LogP contribution < -0.4 is 5.73 Å². The van der Waals surface area contributed by atoms with Gasteiger partial charge in [0.15, 0.2) is 0 Å². The highest BCUT2D eigenvalue weighted by Crippen LogP contribution is 2.11. The normalized spacial score (nSPS) is 12.3. The monoisotopic (exact) mass is 231 g/mol. The van der Waals surface area contributed by atoms with Crippen molar-refractivity contribution in [2.24, 2.45) is 5.73 Å². The molecule has 0 aromatic heterocycles. The molecule has 0 rings (SSSR count). The summed E-state index contributed by atoms with van der Waals surface area (Å²) >= 11 is 0. The van der Waals surface area contributed by atoms with Gasteiger partial charge in [0, 0.05) is 1.43 Å². The molecule has 0 unspecified atom stereocenters. The highest BCUT2D eigenvalue weighted by atomic mass is 16.1. The van der Waals surface area contributed by atoms with E-state index in [-0.39, 0.29) is 1.43 Å². The molecule has 16 heavy (non-hydrogen) atoms. The van der Waals surface area contributed by atoms with Gasteiger partial charge in [0.2, 0.25) is 0 Å². The molecule has 0 radical (unpaired) electrons. The molecule has 0 aromatic carbocycles. The second-order valence-electron chi connectivity index (χ2n) is 3.79. The number of carbonyl (C=O) groups is 1. The predicted molar refractivity (Wildman–Crippen MR) is 76.7 cm³/mol. The Bertz CT molecular complexity index is 138. The average Bonchev–Trinajstić information content (AvgIpc) is 2.34. The lowest BCUT2D eigenvalue weighted by atomic mass is 9.97. The highest BCUT2D eigenvalue weighted by Gasteiger charge is 2.15. The van der Waals surface area contributed by atoms with E-state index in [0.29, 0.717) is 0 Å². The number of hydrogen-bond acceptors (Lipinski definition) is 2. The predicted octanol–water partition coefficient (Wildman–Crippen LogP) is 4.34. The van der Waals surface area contributed by atoms with Crippen molar-refractivity contribution < 1.29 is 6.22 Å². The number of hydrogen-bond donors (Lipinski definition) is 1. The van der Waals surface area contributed by atoms with Crippen molar-refractivity contribution in [2.45, 2.75) is 71.8 Å². The molecule has 0 aliphatic rings. The van der Waals surface area contributed by atoms with Crippen LogP contribution in [0.5, 0.6) is 0 Å². The molecule has 0 saturated heterocycles. The van der Waals surface area contributed by atoms with E-state index in [0.717, 1.165) is 19.1 Å². The van der Waals surface area contributed by atoms with Gasteiger partial charge in [0.05, 0.1) is 5.54 Å². The molecule has 0 spiro atoms. The van der Waals surface area contributed by atoms with Crippen LogP contribution in [0, 0.1) is 0 Å². The number of unbranched alkanes of at least 4 members (excludes halogenated alkanes) is 4. The summed E-state index contributed by atoms with van der Waals surface area (Å²) in [4.78, 5) is 10.4. The molecule has 2 heteroatoms. The van der Waals surface area contributed by atoms with Gasteiger partial charge < -0.3 is 10.5 Å². The Morgan fingerprint density at radius 2 is 1.62 bits per heavy atom. The molecule has 0 amide bonds. The van der Waals surface area contributed by atoms with Crippen LogP contribution in [0.25, 0.3) is 0 Å². The van der Waals surface area contributed by atoms with Gasteiger partial charge in [-0.15, -0.1) is 13.2 Å². The molecule has 2 N–H and O–H groups in total. The van der Waals surface area contributed by atoms with Crippen molar-refractivity contribution in [3.63, 3.8) is 0 Å². The van der Waals surface area contributed by atoms with Crippen LogP contribution in [0.4, 0.5) is 0 Å². The third-order valence-corrected chi connectivity index (χ3v) is 2.09. The van der Waals surface area contributed by atoms with E-state index in [1.807, 2.05) is 13.8 Å². The van der Waals surface area contributed by atoms with Crippen molar-refractivity contribution in [3.8, 4) is 0 Å². The fourth-order valence-corrected chi connectivity index (χ4v) is 1.17. The first kappa shape index (κ1) is 20.7. The summed E-state index contributed by atoms with van der Waals surface area (Å²) < 4.78 is 0. The van der Waals surface area contributed by atoms with Crippen LogP contribution >= 0.6 is 0 Å². The lowest BCUT2D eigenvalue weighted by molar-refractivity contribution is -0.112. The largest absolute Gasteiger partial charge is 0.319 e. The summed E-state index contributed by atoms with van der Waals surface area (Å²) in [6.07, 6.45) is 7.77. The first-order chi connectivity index (χ1) is 7.62. The molecule has 0 aliphatic carbocycles. The van der Waals surface area contributed by atoms with Gasteiger partial charge in [-0.05, 0) is 13.3 Å². The zero-order chi connectivity index (χ0) is 13.4. The first-order valence-corrected chi connectivity index (χ1v) is 6.37. The lowest BCUT2D eigenvalue weighted by Gasteiger charge is -2.15. The van der Waals surface area contributed by atoms with Gasteiger partial charge in [-0.3, -0.25) is 0 Å². The molecule has 0 heterocycles. The average molecular weight is 231 g/mol. The molecule has 0 aliphatic heterocycles. The number of nitrogens with two attached hydrogens (primary N) is 1. The van der Waals surface area contributed by atoms with Gasteiger partial charge in [-0.25, -0.2) is 0 Å². The number of aldehydes is 1. The van der Waals surface area contributed by atoms with E-state index < -0.39 is 5.54 Å². The summed E-state index contributed by atoms with van der Waals surface area (Å²) in [7, 11) is 0. The molecule has 0 saturated carbocycles. The van der Waals surface area contributed by atoms with Gasteiger partial charge in [-0.1, -0.05) is 52.9 Å². The first-order valence-electron chi connectivity index (χ1n) is 6.37. The highest BCUT2D eigenvalue weighted by molar-refractivity contribution is 5.62. The van der Waals surface area contributed by atoms with E-state index in [2.05, 4.69) is 20.1 Å². The van der Waals surface area contributed by atoms with Gasteiger partial charge in [-0.2, -0.15) is 0 Å². The maximum Gasteiger partial charge on any atom is 0.139 e. The fourth-order valence-electron chi connectivity index (χ4n) is 1.17. The SMILES string of the molecule is C=C.CC.CCCCCCC[C@@](C)(N)C=O.[HH]. The second-order valence-corrected chi connectivity index (χ2v) is 3.79. The summed E-state index contributed by atoms with van der Waals surface area (Å²) in [5, 5.41) is 0.